The van der Waals surface area contributed by atoms with Crippen molar-refractivity contribution >= 4 is 0 Å². The number of rotatable bonds is 3. The summed E-state index contributed by atoms with van der Waals surface area (Å²) in [5, 5.41) is 10.3. The lowest BCUT2D eigenvalue weighted by Gasteiger charge is -2.13. The molecule has 2 rings (SSSR count). The first-order valence-electron chi connectivity index (χ1n) is 6.36. The number of hydrogen-bond donors (Lipinski definition) is 1. The summed E-state index contributed by atoms with van der Waals surface area (Å²) < 4.78 is 0. The Morgan fingerprint density at radius 2 is 1.56 bits per heavy atom. The van der Waals surface area contributed by atoms with Gasteiger partial charge in [-0.25, -0.2) is 0 Å². The highest BCUT2D eigenvalue weighted by Crippen LogP contribution is 2.21. The van der Waals surface area contributed by atoms with Gasteiger partial charge in [0.2, 0.25) is 0 Å². The number of aliphatic hydroxyl groups excluding tert-OH is 1. The van der Waals surface area contributed by atoms with Crippen molar-refractivity contribution in [1.29, 1.82) is 0 Å². The minimum Gasteiger partial charge on any atom is -0.388 e. The first-order valence-corrected chi connectivity index (χ1v) is 6.36. The number of benzene rings is 2. The Kier molecular flexibility index (Phi) is 3.83. The normalized spacial score (nSPS) is 12.4. The van der Waals surface area contributed by atoms with Crippen molar-refractivity contribution in [2.24, 2.45) is 0 Å². The number of hydrogen-bond acceptors (Lipinski definition) is 1. The predicted molar refractivity (Wildman–Crippen MR) is 75.8 cm³/mol. The molecular weight excluding hydrogens is 220 g/mol. The fourth-order valence-electron chi connectivity index (χ4n) is 2.38. The maximum Gasteiger partial charge on any atom is 0.0830 e. The fourth-order valence-corrected chi connectivity index (χ4v) is 2.38. The van der Waals surface area contributed by atoms with E-state index in [1.54, 1.807) is 0 Å². The summed E-state index contributed by atoms with van der Waals surface area (Å²) in [7, 11) is 0. The Hall–Kier alpha value is -1.60. The first kappa shape index (κ1) is 12.8. The molecule has 0 spiro atoms. The van der Waals surface area contributed by atoms with Gasteiger partial charge >= 0.3 is 0 Å². The van der Waals surface area contributed by atoms with Crippen molar-refractivity contribution < 1.29 is 5.11 Å². The van der Waals surface area contributed by atoms with Crippen LogP contribution in [0.15, 0.2) is 42.5 Å². The molecule has 94 valence electrons. The third kappa shape index (κ3) is 3.21. The lowest BCUT2D eigenvalue weighted by atomic mass is 9.97. The summed E-state index contributed by atoms with van der Waals surface area (Å²) in [5.41, 5.74) is 5.83. The van der Waals surface area contributed by atoms with Gasteiger partial charge in [0.15, 0.2) is 0 Å². The molecule has 0 aliphatic carbocycles. The van der Waals surface area contributed by atoms with Crippen LogP contribution in [0.5, 0.6) is 0 Å². The van der Waals surface area contributed by atoms with Gasteiger partial charge in [-0.05, 0) is 31.9 Å². The van der Waals surface area contributed by atoms with Crippen LogP contribution in [0, 0.1) is 20.8 Å². The van der Waals surface area contributed by atoms with E-state index in [0.717, 1.165) is 5.56 Å². The zero-order valence-electron chi connectivity index (χ0n) is 11.3. The van der Waals surface area contributed by atoms with Crippen LogP contribution in [0.25, 0.3) is 0 Å². The van der Waals surface area contributed by atoms with E-state index in [1.165, 1.54) is 22.3 Å². The van der Waals surface area contributed by atoms with E-state index >= 15 is 0 Å². The highest BCUT2D eigenvalue weighted by molar-refractivity contribution is 5.31. The fraction of sp³-hybridized carbons (Fsp3) is 0.294. The summed E-state index contributed by atoms with van der Waals surface area (Å²) >= 11 is 0. The first-order chi connectivity index (χ1) is 8.54. The lowest BCUT2D eigenvalue weighted by molar-refractivity contribution is 0.178. The van der Waals surface area contributed by atoms with Crippen LogP contribution >= 0.6 is 0 Å². The number of aryl methyl sites for hydroxylation is 3. The second-order valence-corrected chi connectivity index (χ2v) is 5.13. The summed E-state index contributed by atoms with van der Waals surface area (Å²) in [4.78, 5) is 0. The average molecular weight is 240 g/mol. The summed E-state index contributed by atoms with van der Waals surface area (Å²) in [5.74, 6) is 0. The van der Waals surface area contributed by atoms with Crippen molar-refractivity contribution in [3.05, 3.63) is 70.3 Å². The van der Waals surface area contributed by atoms with Gasteiger partial charge < -0.3 is 5.11 Å². The van der Waals surface area contributed by atoms with Crippen molar-refractivity contribution in [1.82, 2.24) is 0 Å². The third-order valence-electron chi connectivity index (χ3n) is 3.14. The topological polar surface area (TPSA) is 20.2 Å². The van der Waals surface area contributed by atoms with Crippen molar-refractivity contribution in [2.75, 3.05) is 0 Å². The smallest absolute Gasteiger partial charge is 0.0830 e. The Labute approximate surface area is 109 Å². The molecule has 0 fully saturated rings. The van der Waals surface area contributed by atoms with Crippen molar-refractivity contribution in [3.8, 4) is 0 Å². The Bertz CT molecular complexity index is 523. The molecule has 0 aliphatic rings. The molecular formula is C17H20O. The van der Waals surface area contributed by atoms with E-state index in [-0.39, 0.29) is 0 Å². The molecule has 1 nitrogen and oxygen atoms in total. The molecule has 0 aliphatic heterocycles. The van der Waals surface area contributed by atoms with Crippen LogP contribution in [0.3, 0.4) is 0 Å². The molecule has 0 heterocycles. The zero-order valence-corrected chi connectivity index (χ0v) is 11.3. The van der Waals surface area contributed by atoms with Gasteiger partial charge in [-0.3, -0.25) is 0 Å². The van der Waals surface area contributed by atoms with Gasteiger partial charge in [-0.15, -0.1) is 0 Å². The molecule has 0 aromatic heterocycles. The van der Waals surface area contributed by atoms with Crippen molar-refractivity contribution in [3.63, 3.8) is 0 Å². The highest BCUT2D eigenvalue weighted by Gasteiger charge is 2.09. The SMILES string of the molecule is Cc1cccc(CC(O)c2cc(C)cc(C)c2)c1. The molecule has 0 radical (unpaired) electrons. The largest absolute Gasteiger partial charge is 0.388 e. The summed E-state index contributed by atoms with van der Waals surface area (Å²) in [6.07, 6.45) is 0.246. The second-order valence-electron chi connectivity index (χ2n) is 5.13. The van der Waals surface area contributed by atoms with E-state index in [2.05, 4.69) is 57.2 Å². The average Bonchev–Trinajstić information content (AvgIpc) is 2.27. The van der Waals surface area contributed by atoms with Crippen molar-refractivity contribution in [2.45, 2.75) is 33.3 Å². The molecule has 1 atom stereocenters. The van der Waals surface area contributed by atoms with E-state index in [9.17, 15) is 5.11 Å². The van der Waals surface area contributed by atoms with Crippen LogP contribution in [0.2, 0.25) is 0 Å². The van der Waals surface area contributed by atoms with Gasteiger partial charge in [0.1, 0.15) is 0 Å². The molecule has 0 amide bonds. The monoisotopic (exact) mass is 240 g/mol. The quantitative estimate of drug-likeness (QED) is 0.863. The molecule has 0 bridgehead atoms. The van der Waals surface area contributed by atoms with Crippen LogP contribution < -0.4 is 0 Å². The minimum atomic E-state index is -0.426. The van der Waals surface area contributed by atoms with E-state index in [0.29, 0.717) is 6.42 Å². The third-order valence-corrected chi connectivity index (χ3v) is 3.14. The number of aliphatic hydroxyl groups is 1. The molecule has 1 N–H and O–H groups in total. The van der Waals surface area contributed by atoms with Gasteiger partial charge in [0.05, 0.1) is 6.10 Å². The minimum absolute atomic E-state index is 0.426. The standard InChI is InChI=1S/C17H20O/c1-12-5-4-6-15(8-12)11-17(18)16-9-13(2)7-14(3)10-16/h4-10,17-18H,11H2,1-3H3. The van der Waals surface area contributed by atoms with E-state index in [1.807, 2.05) is 6.07 Å². The molecule has 0 saturated heterocycles. The molecule has 0 saturated carbocycles. The van der Waals surface area contributed by atoms with Gasteiger partial charge in [0, 0.05) is 6.42 Å². The summed E-state index contributed by atoms with van der Waals surface area (Å²) in [6, 6.07) is 14.6. The van der Waals surface area contributed by atoms with Gasteiger partial charge in [-0.2, -0.15) is 0 Å². The maximum atomic E-state index is 10.3. The maximum absolute atomic E-state index is 10.3. The van der Waals surface area contributed by atoms with Crippen LogP contribution in [-0.4, -0.2) is 5.11 Å². The molecule has 18 heavy (non-hydrogen) atoms. The second kappa shape index (κ2) is 5.36. The van der Waals surface area contributed by atoms with E-state index in [4.69, 9.17) is 0 Å². The van der Waals surface area contributed by atoms with E-state index < -0.39 is 6.10 Å². The molecule has 2 aromatic rings. The predicted octanol–water partition coefficient (Wildman–Crippen LogP) is 3.89. The Morgan fingerprint density at radius 3 is 2.17 bits per heavy atom. The van der Waals surface area contributed by atoms with Crippen LogP contribution in [-0.2, 0) is 6.42 Å². The van der Waals surface area contributed by atoms with Crippen LogP contribution in [0.1, 0.15) is 33.9 Å². The highest BCUT2D eigenvalue weighted by atomic mass is 16.3. The molecule has 1 unspecified atom stereocenters. The van der Waals surface area contributed by atoms with Crippen LogP contribution in [0.4, 0.5) is 0 Å². The molecule has 1 heteroatoms. The Balaban J connectivity index is 2.19. The van der Waals surface area contributed by atoms with Gasteiger partial charge in [0.25, 0.3) is 0 Å². The summed E-state index contributed by atoms with van der Waals surface area (Å²) in [6.45, 7) is 6.21. The zero-order chi connectivity index (χ0) is 13.1. The molecule has 2 aromatic carbocycles. The lowest BCUT2D eigenvalue weighted by Crippen LogP contribution is -2.02. The van der Waals surface area contributed by atoms with Gasteiger partial charge in [-0.1, -0.05) is 59.2 Å². The Morgan fingerprint density at radius 1 is 0.889 bits per heavy atom.